The van der Waals surface area contributed by atoms with Gasteiger partial charge in [0.25, 0.3) is 0 Å². The Kier molecular flexibility index (Phi) is 10.2. The summed E-state index contributed by atoms with van der Waals surface area (Å²) < 4.78 is 0. The molecule has 1 nitrogen and oxygen atoms in total. The van der Waals surface area contributed by atoms with Gasteiger partial charge in [-0.05, 0) is 193 Å². The van der Waals surface area contributed by atoms with E-state index in [9.17, 15) is 0 Å². The zero-order chi connectivity index (χ0) is 51.6. The number of fused-ring (bicyclic) bond motifs is 13. The van der Waals surface area contributed by atoms with Crippen LogP contribution in [0.25, 0.3) is 104 Å². The number of anilines is 3. The van der Waals surface area contributed by atoms with Crippen LogP contribution in [0.1, 0.15) is 68.4 Å². The molecule has 0 unspecified atom stereocenters. The molecule has 0 aliphatic heterocycles. The van der Waals surface area contributed by atoms with Crippen LogP contribution in [0, 0.1) is 0 Å². The highest BCUT2D eigenvalue weighted by atomic mass is 15.1. The Morgan fingerprint density at radius 3 is 1.55 bits per heavy atom. The summed E-state index contributed by atoms with van der Waals surface area (Å²) in [5.41, 5.74) is 24.0. The Morgan fingerprint density at radius 2 is 0.870 bits per heavy atom. The van der Waals surface area contributed by atoms with Gasteiger partial charge in [0.2, 0.25) is 0 Å². The van der Waals surface area contributed by atoms with Crippen LogP contribution in [0.2, 0.25) is 0 Å². The van der Waals surface area contributed by atoms with Gasteiger partial charge in [-0.15, -0.1) is 0 Å². The van der Waals surface area contributed by atoms with Crippen molar-refractivity contribution in [3.63, 3.8) is 0 Å². The van der Waals surface area contributed by atoms with Gasteiger partial charge in [-0.2, -0.15) is 0 Å². The number of hydrogen-bond donors (Lipinski definition) is 0. The molecule has 3 aliphatic carbocycles. The average molecular weight is 984 g/mol. The summed E-state index contributed by atoms with van der Waals surface area (Å²) in [5, 5.41) is 10.1. The molecule has 0 radical (unpaired) electrons. The lowest BCUT2D eigenvalue weighted by atomic mass is 9.79. The zero-order valence-corrected chi connectivity index (χ0v) is 44.0. The first kappa shape index (κ1) is 45.4. The molecular weight excluding hydrogens is 927 g/mol. The second-order valence-electron chi connectivity index (χ2n) is 22.7. The fourth-order valence-electron chi connectivity index (χ4n) is 13.8. The largest absolute Gasteiger partial charge is 0.310 e. The van der Waals surface area contributed by atoms with Crippen LogP contribution in [0.5, 0.6) is 0 Å². The van der Waals surface area contributed by atoms with Crippen molar-refractivity contribution in [3.05, 3.63) is 277 Å². The standard InChI is InChI=1S/C76H57N/c1-75(2)68-29-17-15-26-59(68)61-40-37-56(45-70(61)75)77(57-38-41-62-60-27-16-18-30-69(60)76(3,4)71(62)46-57)55-39-42-64-67(44-55)58-25-13-14-28-63(58)73-66(50-20-7-5-8-21-50)47-65(72(74(64)73)52-22-9-6-10-23-52)51-34-31-49(32-35-51)54-36-33-48-19-11-12-24-53(48)43-54/h5-9,11-22,24-47H,10,23H2,1-4H3. The van der Waals surface area contributed by atoms with Gasteiger partial charge >= 0.3 is 0 Å². The van der Waals surface area contributed by atoms with E-state index in [2.05, 4.69) is 281 Å². The number of rotatable bonds is 7. The van der Waals surface area contributed by atoms with Crippen molar-refractivity contribution in [2.45, 2.75) is 51.4 Å². The molecule has 0 fully saturated rings. The predicted molar refractivity (Wildman–Crippen MR) is 329 cm³/mol. The summed E-state index contributed by atoms with van der Waals surface area (Å²) in [7, 11) is 0. The molecule has 3 aliphatic rings. The predicted octanol–water partition coefficient (Wildman–Crippen LogP) is 21.1. The molecule has 0 spiro atoms. The van der Waals surface area contributed by atoms with Crippen molar-refractivity contribution < 1.29 is 0 Å². The molecule has 0 atom stereocenters. The lowest BCUT2D eigenvalue weighted by Crippen LogP contribution is -2.18. The maximum Gasteiger partial charge on any atom is 0.0468 e. The van der Waals surface area contributed by atoms with Crippen LogP contribution >= 0.6 is 0 Å². The fraction of sp³-hybridized carbons (Fsp3) is 0.105. The number of allylic oxidation sites excluding steroid dienone is 4. The third kappa shape index (κ3) is 7.00. The van der Waals surface area contributed by atoms with Crippen LogP contribution in [0.15, 0.2) is 249 Å². The smallest absolute Gasteiger partial charge is 0.0468 e. The van der Waals surface area contributed by atoms with E-state index in [-0.39, 0.29) is 10.8 Å². The Labute approximate surface area is 451 Å². The highest BCUT2D eigenvalue weighted by Crippen LogP contribution is 2.55. The lowest BCUT2D eigenvalue weighted by Gasteiger charge is -2.30. The highest BCUT2D eigenvalue weighted by Gasteiger charge is 2.38. The normalized spacial score (nSPS) is 14.6. The number of nitrogens with zero attached hydrogens (tertiary/aromatic N) is 1. The van der Waals surface area contributed by atoms with Crippen molar-refractivity contribution in [2.75, 3.05) is 4.90 Å². The third-order valence-corrected chi connectivity index (χ3v) is 17.7. The maximum absolute atomic E-state index is 2.54. The average Bonchev–Trinajstić information content (AvgIpc) is 4.02. The summed E-state index contributed by atoms with van der Waals surface area (Å²) in [6.45, 7) is 9.56. The highest BCUT2D eigenvalue weighted by molar-refractivity contribution is 6.32. The van der Waals surface area contributed by atoms with Crippen molar-refractivity contribution in [1.29, 1.82) is 0 Å². The second-order valence-corrected chi connectivity index (χ2v) is 22.7. The Morgan fingerprint density at radius 1 is 0.338 bits per heavy atom. The van der Waals surface area contributed by atoms with Crippen LogP contribution in [0.4, 0.5) is 17.1 Å². The zero-order valence-electron chi connectivity index (χ0n) is 44.0. The van der Waals surface area contributed by atoms with Gasteiger partial charge in [0.1, 0.15) is 0 Å². The van der Waals surface area contributed by atoms with Gasteiger partial charge in [0, 0.05) is 27.9 Å². The summed E-state index contributed by atoms with van der Waals surface area (Å²) in [4.78, 5) is 2.54. The van der Waals surface area contributed by atoms with Gasteiger partial charge in [-0.1, -0.05) is 228 Å². The fourth-order valence-corrected chi connectivity index (χ4v) is 13.8. The molecule has 0 N–H and O–H groups in total. The van der Waals surface area contributed by atoms with Crippen LogP contribution in [-0.2, 0) is 10.8 Å². The molecule has 12 aromatic rings. The minimum Gasteiger partial charge on any atom is -0.310 e. The quantitative estimate of drug-likeness (QED) is 0.144. The van der Waals surface area contributed by atoms with Crippen molar-refractivity contribution in [2.24, 2.45) is 0 Å². The first-order valence-electron chi connectivity index (χ1n) is 27.5. The van der Waals surface area contributed by atoms with E-state index in [4.69, 9.17) is 0 Å². The summed E-state index contributed by atoms with van der Waals surface area (Å²) in [6.07, 6.45) is 8.94. The van der Waals surface area contributed by atoms with Gasteiger partial charge in [0.15, 0.2) is 0 Å². The first-order chi connectivity index (χ1) is 37.7. The molecule has 0 aromatic heterocycles. The van der Waals surface area contributed by atoms with Gasteiger partial charge in [0.05, 0.1) is 0 Å². The Bertz CT molecular complexity index is 4380. The molecule has 12 aromatic carbocycles. The molecule has 1 heteroatoms. The third-order valence-electron chi connectivity index (χ3n) is 17.7. The second kappa shape index (κ2) is 17.2. The Balaban J connectivity index is 0.995. The van der Waals surface area contributed by atoms with E-state index in [0.29, 0.717) is 0 Å². The molecule has 77 heavy (non-hydrogen) atoms. The number of benzene rings is 12. The van der Waals surface area contributed by atoms with E-state index in [0.717, 1.165) is 29.9 Å². The molecule has 0 saturated carbocycles. The lowest BCUT2D eigenvalue weighted by molar-refractivity contribution is 0.660. The van der Waals surface area contributed by atoms with E-state index in [1.165, 1.54) is 132 Å². The van der Waals surface area contributed by atoms with Gasteiger partial charge in [-0.25, -0.2) is 0 Å². The first-order valence-corrected chi connectivity index (χ1v) is 27.5. The molecule has 0 amide bonds. The summed E-state index contributed by atoms with van der Waals surface area (Å²) in [5.74, 6) is 0. The minimum atomic E-state index is -0.155. The van der Waals surface area contributed by atoms with E-state index >= 15 is 0 Å². The molecule has 0 heterocycles. The topological polar surface area (TPSA) is 3.24 Å². The minimum absolute atomic E-state index is 0.155. The molecular formula is C76H57N. The van der Waals surface area contributed by atoms with E-state index in [1.54, 1.807) is 0 Å². The van der Waals surface area contributed by atoms with Gasteiger partial charge in [-0.3, -0.25) is 0 Å². The van der Waals surface area contributed by atoms with Gasteiger partial charge < -0.3 is 4.90 Å². The molecule has 0 bridgehead atoms. The summed E-state index contributed by atoms with van der Waals surface area (Å²) >= 11 is 0. The molecule has 0 saturated heterocycles. The van der Waals surface area contributed by atoms with Crippen LogP contribution < -0.4 is 4.90 Å². The van der Waals surface area contributed by atoms with Crippen LogP contribution in [-0.4, -0.2) is 0 Å². The van der Waals surface area contributed by atoms with E-state index < -0.39 is 0 Å². The Hall–Kier alpha value is -9.04. The molecule has 15 rings (SSSR count). The monoisotopic (exact) mass is 983 g/mol. The van der Waals surface area contributed by atoms with Crippen molar-refractivity contribution in [3.8, 4) is 55.6 Å². The SMILES string of the molecule is CC1(C)c2ccccc2-c2ccc(N(c3ccc4c(c3)C(C)(C)c3ccccc3-4)c3ccc4c(c3)c3ccccc3c3c(-c5ccccc5)cc(-c5ccc(-c6ccc7ccccc7c6)cc5)c(C5=CC=CCC5)c43)cc21. The molecule has 366 valence electrons. The van der Waals surface area contributed by atoms with Crippen molar-refractivity contribution in [1.82, 2.24) is 0 Å². The van der Waals surface area contributed by atoms with E-state index in [1.807, 2.05) is 0 Å². The van der Waals surface area contributed by atoms with Crippen molar-refractivity contribution >= 4 is 65.7 Å². The number of hydrogen-bond acceptors (Lipinski definition) is 1. The van der Waals surface area contributed by atoms with Crippen LogP contribution in [0.3, 0.4) is 0 Å². The summed E-state index contributed by atoms with van der Waals surface area (Å²) in [6, 6.07) is 87.3. The maximum atomic E-state index is 2.54.